The number of amides is 1. The molecule has 182 valence electrons. The molecule has 1 unspecified atom stereocenters. The molecule has 0 aliphatic carbocycles. The second-order valence-corrected chi connectivity index (χ2v) is 8.72. The minimum atomic E-state index is -0.480. The standard InChI is InChI=1S/C24H29N5O5.H2/c1-14(2)34-20-10-17-13-33-23-21(32-4)12-29-22(27-23)19(11-26-29)15-7-16(9-18(8-15)31-3)25-5-6-28(17)24(20)30;/h7-9,11-12,14,17,20,25H,5-6,10,13H2,1-4H3;1H/t17?,20-;/m1./s1. The molecule has 10 heteroatoms. The Balaban J connectivity index is 0.00000289. The maximum absolute atomic E-state index is 13.1. The number of rotatable bonds is 4. The summed E-state index contributed by atoms with van der Waals surface area (Å²) in [5, 5.41) is 7.89. The van der Waals surface area contributed by atoms with Crippen molar-refractivity contribution in [1.29, 1.82) is 0 Å². The van der Waals surface area contributed by atoms with Crippen LogP contribution < -0.4 is 19.5 Å². The topological polar surface area (TPSA) is 99.5 Å². The van der Waals surface area contributed by atoms with E-state index in [-0.39, 0.29) is 26.1 Å². The molecule has 2 aliphatic rings. The van der Waals surface area contributed by atoms with E-state index in [2.05, 4.69) is 10.4 Å². The van der Waals surface area contributed by atoms with Gasteiger partial charge in [0, 0.05) is 38.3 Å². The normalized spacial score (nSPS) is 20.1. The minimum absolute atomic E-state index is 0. The first kappa shape index (κ1) is 22.3. The summed E-state index contributed by atoms with van der Waals surface area (Å²) in [6.07, 6.45) is 3.55. The maximum Gasteiger partial charge on any atom is 0.260 e. The summed E-state index contributed by atoms with van der Waals surface area (Å²) >= 11 is 0. The van der Waals surface area contributed by atoms with Crippen LogP contribution in [0.5, 0.6) is 17.4 Å². The Morgan fingerprint density at radius 2 is 2.09 bits per heavy atom. The summed E-state index contributed by atoms with van der Waals surface area (Å²) in [5.74, 6) is 1.51. The number of carbonyl (C=O) groups is 1. The third-order valence-corrected chi connectivity index (χ3v) is 6.12. The monoisotopic (exact) mass is 469 g/mol. The molecule has 0 spiro atoms. The van der Waals surface area contributed by atoms with Gasteiger partial charge in [0.25, 0.3) is 11.8 Å². The largest absolute Gasteiger partial charge is 0.497 e. The number of fused-ring (bicyclic) bond motifs is 5. The number of methoxy groups -OCH3 is 2. The average Bonchev–Trinajstić information content (AvgIpc) is 3.36. The van der Waals surface area contributed by atoms with Crippen LogP contribution in [0.2, 0.25) is 0 Å². The van der Waals surface area contributed by atoms with Gasteiger partial charge in [-0.05, 0) is 31.5 Å². The zero-order chi connectivity index (χ0) is 23.8. The number of hydrogen-bond donors (Lipinski definition) is 1. The predicted octanol–water partition coefficient (Wildman–Crippen LogP) is 2.86. The molecular formula is C24H31N5O5. The molecule has 0 radical (unpaired) electrons. The van der Waals surface area contributed by atoms with Gasteiger partial charge in [-0.2, -0.15) is 10.1 Å². The van der Waals surface area contributed by atoms with Crippen molar-refractivity contribution in [2.75, 3.05) is 39.2 Å². The lowest BCUT2D eigenvalue weighted by Crippen LogP contribution is -2.41. The Morgan fingerprint density at radius 3 is 2.85 bits per heavy atom. The van der Waals surface area contributed by atoms with E-state index in [1.165, 1.54) is 0 Å². The molecule has 1 amide bonds. The van der Waals surface area contributed by atoms with E-state index in [1.54, 1.807) is 31.1 Å². The third kappa shape index (κ3) is 4.09. The molecule has 34 heavy (non-hydrogen) atoms. The molecule has 1 aromatic carbocycles. The van der Waals surface area contributed by atoms with Crippen molar-refractivity contribution in [3.8, 4) is 28.5 Å². The van der Waals surface area contributed by atoms with Gasteiger partial charge in [0.05, 0.1) is 38.8 Å². The Hall–Kier alpha value is -3.53. The van der Waals surface area contributed by atoms with E-state index in [0.29, 0.717) is 42.5 Å². The number of anilines is 1. The second-order valence-electron chi connectivity index (χ2n) is 8.72. The van der Waals surface area contributed by atoms with Crippen molar-refractivity contribution < 1.29 is 25.2 Å². The lowest BCUT2D eigenvalue weighted by atomic mass is 10.1. The van der Waals surface area contributed by atoms with Crippen LogP contribution in [0.1, 0.15) is 21.7 Å². The lowest BCUT2D eigenvalue weighted by molar-refractivity contribution is -0.140. The Kier molecular flexibility index (Phi) is 5.91. The molecule has 4 bridgehead atoms. The summed E-state index contributed by atoms with van der Waals surface area (Å²) in [7, 11) is 3.20. The smallest absolute Gasteiger partial charge is 0.260 e. The molecule has 2 aliphatic heterocycles. The molecule has 1 fully saturated rings. The zero-order valence-corrected chi connectivity index (χ0v) is 19.8. The average molecular weight is 470 g/mol. The zero-order valence-electron chi connectivity index (χ0n) is 19.8. The van der Waals surface area contributed by atoms with Crippen LogP contribution >= 0.6 is 0 Å². The summed E-state index contributed by atoms with van der Waals surface area (Å²) in [6, 6.07) is 5.74. The van der Waals surface area contributed by atoms with Crippen molar-refractivity contribution in [2.24, 2.45) is 0 Å². The molecular weight excluding hydrogens is 438 g/mol. The first-order valence-corrected chi connectivity index (χ1v) is 11.4. The molecule has 0 saturated carbocycles. The number of benzene rings is 1. The van der Waals surface area contributed by atoms with Crippen LogP contribution in [0, 0.1) is 0 Å². The van der Waals surface area contributed by atoms with E-state index in [9.17, 15) is 4.79 Å². The highest BCUT2D eigenvalue weighted by molar-refractivity contribution is 5.84. The summed E-state index contributed by atoms with van der Waals surface area (Å²) < 4.78 is 24.7. The van der Waals surface area contributed by atoms with Crippen LogP contribution in [-0.2, 0) is 9.53 Å². The Bertz CT molecular complexity index is 1220. The maximum atomic E-state index is 13.1. The van der Waals surface area contributed by atoms with E-state index in [0.717, 1.165) is 16.8 Å². The molecule has 2 aromatic heterocycles. The van der Waals surface area contributed by atoms with Crippen molar-refractivity contribution in [3.63, 3.8) is 0 Å². The van der Waals surface area contributed by atoms with E-state index < -0.39 is 6.10 Å². The molecule has 5 rings (SSSR count). The van der Waals surface area contributed by atoms with Crippen LogP contribution in [0.4, 0.5) is 5.69 Å². The quantitative estimate of drug-likeness (QED) is 0.623. The lowest BCUT2D eigenvalue weighted by Gasteiger charge is -2.25. The number of ether oxygens (including phenoxy) is 4. The minimum Gasteiger partial charge on any atom is -0.497 e. The molecule has 3 aromatic rings. The molecule has 1 saturated heterocycles. The number of hydrogen-bond acceptors (Lipinski definition) is 8. The molecule has 10 nitrogen and oxygen atoms in total. The number of nitrogens with one attached hydrogen (secondary N) is 1. The highest BCUT2D eigenvalue weighted by Gasteiger charge is 2.41. The fraction of sp³-hybridized carbons (Fsp3) is 0.458. The van der Waals surface area contributed by atoms with Crippen molar-refractivity contribution in [2.45, 2.75) is 38.5 Å². The van der Waals surface area contributed by atoms with E-state index in [4.69, 9.17) is 23.9 Å². The van der Waals surface area contributed by atoms with Gasteiger partial charge in [0.1, 0.15) is 18.5 Å². The Morgan fingerprint density at radius 1 is 1.24 bits per heavy atom. The van der Waals surface area contributed by atoms with Gasteiger partial charge in [-0.25, -0.2) is 4.52 Å². The van der Waals surface area contributed by atoms with Gasteiger partial charge >= 0.3 is 0 Å². The van der Waals surface area contributed by atoms with Crippen LogP contribution in [0.15, 0.2) is 30.6 Å². The van der Waals surface area contributed by atoms with Gasteiger partial charge in [-0.3, -0.25) is 4.79 Å². The highest BCUT2D eigenvalue weighted by atomic mass is 16.5. The highest BCUT2D eigenvalue weighted by Crippen LogP contribution is 2.34. The summed E-state index contributed by atoms with van der Waals surface area (Å²) in [4.78, 5) is 19.7. The fourth-order valence-corrected chi connectivity index (χ4v) is 4.53. The number of nitrogens with zero attached hydrogens (tertiary/aromatic N) is 4. The summed E-state index contributed by atoms with van der Waals surface area (Å²) in [5.41, 5.74) is 3.26. The summed E-state index contributed by atoms with van der Waals surface area (Å²) in [6.45, 7) is 5.24. The van der Waals surface area contributed by atoms with E-state index in [1.807, 2.05) is 36.9 Å². The van der Waals surface area contributed by atoms with Gasteiger partial charge < -0.3 is 29.2 Å². The van der Waals surface area contributed by atoms with E-state index >= 15 is 0 Å². The van der Waals surface area contributed by atoms with Gasteiger partial charge in [0.2, 0.25) is 0 Å². The van der Waals surface area contributed by atoms with Crippen molar-refractivity contribution in [1.82, 2.24) is 19.5 Å². The third-order valence-electron chi connectivity index (χ3n) is 6.12. The number of carbonyl (C=O) groups excluding carboxylic acids is 1. The first-order chi connectivity index (χ1) is 16.5. The predicted molar refractivity (Wildman–Crippen MR) is 128 cm³/mol. The Labute approximate surface area is 199 Å². The van der Waals surface area contributed by atoms with Gasteiger partial charge in [-0.1, -0.05) is 0 Å². The number of aromatic nitrogens is 3. The van der Waals surface area contributed by atoms with Crippen LogP contribution in [-0.4, -0.2) is 77.6 Å². The van der Waals surface area contributed by atoms with Gasteiger partial charge in [-0.15, -0.1) is 0 Å². The van der Waals surface area contributed by atoms with Crippen molar-refractivity contribution >= 4 is 17.2 Å². The SMILES string of the molecule is COc1cc2cc(c1)-c1cnn3cc(OC)c(nc13)OCC1C[C@@H](OC(C)C)C(=O)N1CCN2.[HH]. The second kappa shape index (κ2) is 9.02. The van der Waals surface area contributed by atoms with Gasteiger partial charge in [0.15, 0.2) is 11.4 Å². The van der Waals surface area contributed by atoms with Crippen LogP contribution in [0.25, 0.3) is 16.8 Å². The molecule has 2 atom stereocenters. The first-order valence-electron chi connectivity index (χ1n) is 11.4. The fourth-order valence-electron chi connectivity index (χ4n) is 4.53. The van der Waals surface area contributed by atoms with Crippen molar-refractivity contribution in [3.05, 3.63) is 30.6 Å². The van der Waals surface area contributed by atoms with Crippen LogP contribution in [0.3, 0.4) is 0 Å². The molecule has 4 heterocycles. The molecule has 1 N–H and O–H groups in total.